The van der Waals surface area contributed by atoms with E-state index in [0.29, 0.717) is 13.0 Å². The van der Waals surface area contributed by atoms with Crippen LogP contribution in [-0.4, -0.2) is 71.7 Å². The van der Waals surface area contributed by atoms with Crippen LogP contribution in [0, 0.1) is 18.3 Å². The largest absolute Gasteiger partial charge is 0.371 e. The van der Waals surface area contributed by atoms with Gasteiger partial charge in [0.1, 0.15) is 12.1 Å². The maximum Gasteiger partial charge on any atom is 0.252 e. The molecule has 2 heterocycles. The molecule has 0 bridgehead atoms. The number of nitrogens with two attached hydrogens (primary N) is 1. The van der Waals surface area contributed by atoms with Crippen LogP contribution in [0.4, 0.5) is 0 Å². The van der Waals surface area contributed by atoms with Crippen molar-refractivity contribution in [3.05, 3.63) is 6.42 Å². The Kier molecular flexibility index (Phi) is 6.39. The van der Waals surface area contributed by atoms with Gasteiger partial charge in [0.15, 0.2) is 5.78 Å². The van der Waals surface area contributed by atoms with E-state index < -0.39 is 24.0 Å². The first-order valence-corrected chi connectivity index (χ1v) is 8.98. The topological polar surface area (TPSA) is 110 Å². The number of ketones is 1. The predicted molar refractivity (Wildman–Crippen MR) is 93.5 cm³/mol. The van der Waals surface area contributed by atoms with Crippen LogP contribution in [0.5, 0.6) is 0 Å². The van der Waals surface area contributed by atoms with Gasteiger partial charge in [0.2, 0.25) is 11.8 Å². The van der Waals surface area contributed by atoms with Crippen molar-refractivity contribution in [3.8, 4) is 0 Å². The standard InChI is InChI=1S/C18H28N3O5/c1-10(2)16(26-4)18(25)21-9-13(22)15-12(21)7-8-20(15)14(23)6-5-11(3)17(19)24/h6,10-12,15-16H,5,7-9H2,1-4H3,(H2,19,24). The fourth-order valence-electron chi connectivity index (χ4n) is 3.69. The quantitative estimate of drug-likeness (QED) is 0.668. The minimum absolute atomic E-state index is 0.00220. The Labute approximate surface area is 154 Å². The van der Waals surface area contributed by atoms with Crippen LogP contribution in [0.25, 0.3) is 0 Å². The van der Waals surface area contributed by atoms with E-state index in [4.69, 9.17) is 10.5 Å². The molecule has 4 atom stereocenters. The number of carbonyl (C=O) groups excluding carboxylic acids is 4. The zero-order valence-corrected chi connectivity index (χ0v) is 15.8. The van der Waals surface area contributed by atoms with Crippen LogP contribution in [0.15, 0.2) is 0 Å². The fourth-order valence-corrected chi connectivity index (χ4v) is 3.69. The Balaban J connectivity index is 2.05. The van der Waals surface area contributed by atoms with Crippen LogP contribution in [-0.2, 0) is 23.9 Å². The van der Waals surface area contributed by atoms with Gasteiger partial charge in [-0.15, -0.1) is 0 Å². The first kappa shape index (κ1) is 20.4. The molecule has 0 aromatic carbocycles. The van der Waals surface area contributed by atoms with Gasteiger partial charge in [-0.1, -0.05) is 20.8 Å². The molecule has 0 aromatic rings. The fraction of sp³-hybridized carbons (Fsp3) is 0.722. The summed E-state index contributed by atoms with van der Waals surface area (Å²) in [6.07, 6.45) is 1.59. The molecule has 3 amide bonds. The van der Waals surface area contributed by atoms with Crippen molar-refractivity contribution in [2.45, 2.75) is 51.8 Å². The van der Waals surface area contributed by atoms with Crippen molar-refractivity contribution in [1.29, 1.82) is 0 Å². The molecule has 2 saturated heterocycles. The molecule has 0 spiro atoms. The second kappa shape index (κ2) is 8.16. The second-order valence-corrected chi connectivity index (χ2v) is 7.41. The van der Waals surface area contributed by atoms with Crippen molar-refractivity contribution in [1.82, 2.24) is 9.80 Å². The summed E-state index contributed by atoms with van der Waals surface area (Å²) in [5, 5.41) is 0. The summed E-state index contributed by atoms with van der Waals surface area (Å²) in [5.41, 5.74) is 5.21. The Hall–Kier alpha value is -1.96. The molecule has 145 valence electrons. The molecule has 26 heavy (non-hydrogen) atoms. The molecule has 2 aliphatic heterocycles. The molecule has 0 aliphatic carbocycles. The molecule has 1 radical (unpaired) electrons. The first-order valence-electron chi connectivity index (χ1n) is 8.98. The van der Waals surface area contributed by atoms with Crippen LogP contribution >= 0.6 is 0 Å². The van der Waals surface area contributed by atoms with Gasteiger partial charge in [-0.25, -0.2) is 0 Å². The van der Waals surface area contributed by atoms with Crippen molar-refractivity contribution in [2.75, 3.05) is 20.2 Å². The summed E-state index contributed by atoms with van der Waals surface area (Å²) < 4.78 is 5.30. The van der Waals surface area contributed by atoms with E-state index in [0.717, 1.165) is 0 Å². The van der Waals surface area contributed by atoms with Gasteiger partial charge < -0.3 is 20.3 Å². The van der Waals surface area contributed by atoms with Gasteiger partial charge in [-0.05, 0) is 18.8 Å². The van der Waals surface area contributed by atoms with Crippen molar-refractivity contribution in [2.24, 2.45) is 17.6 Å². The first-order chi connectivity index (χ1) is 12.2. The molecule has 4 unspecified atom stereocenters. The number of hydrogen-bond donors (Lipinski definition) is 1. The predicted octanol–water partition coefficient (Wildman–Crippen LogP) is -0.246. The zero-order chi connectivity index (χ0) is 19.6. The number of amides is 3. The molecule has 2 aliphatic rings. The molecule has 8 nitrogen and oxygen atoms in total. The Morgan fingerprint density at radius 2 is 1.92 bits per heavy atom. The van der Waals surface area contributed by atoms with E-state index in [9.17, 15) is 19.2 Å². The molecular weight excluding hydrogens is 338 g/mol. The van der Waals surface area contributed by atoms with Crippen molar-refractivity contribution < 1.29 is 23.9 Å². The van der Waals surface area contributed by atoms with Gasteiger partial charge in [0.05, 0.1) is 19.0 Å². The average molecular weight is 366 g/mol. The SMILES string of the molecule is COC(C(=O)N1CC(=O)C2C1CCN2C(=O)[CH]CC(C)C(N)=O)C(C)C. The number of nitrogens with zero attached hydrogens (tertiary/aromatic N) is 2. The number of rotatable bonds is 7. The number of fused-ring (bicyclic) bond motifs is 1. The summed E-state index contributed by atoms with van der Waals surface area (Å²) in [5.74, 6) is -1.55. The van der Waals surface area contributed by atoms with Gasteiger partial charge >= 0.3 is 0 Å². The number of likely N-dealkylation sites (tertiary alicyclic amines) is 2. The summed E-state index contributed by atoms with van der Waals surface area (Å²) in [6, 6.07) is -0.923. The monoisotopic (exact) mass is 366 g/mol. The third-order valence-corrected chi connectivity index (χ3v) is 5.22. The second-order valence-electron chi connectivity index (χ2n) is 7.41. The zero-order valence-electron chi connectivity index (χ0n) is 15.8. The molecule has 0 saturated carbocycles. The van der Waals surface area contributed by atoms with Crippen LogP contribution in [0.1, 0.15) is 33.6 Å². The third-order valence-electron chi connectivity index (χ3n) is 5.22. The summed E-state index contributed by atoms with van der Waals surface area (Å²) in [7, 11) is 1.48. The maximum atomic E-state index is 12.8. The molecule has 2 fully saturated rings. The number of Topliss-reactive ketones (excluding diaryl/α,β-unsaturated/α-hetero) is 1. The lowest BCUT2D eigenvalue weighted by atomic mass is 10.0. The van der Waals surface area contributed by atoms with Gasteiger partial charge in [0.25, 0.3) is 5.91 Å². The van der Waals surface area contributed by atoms with Crippen molar-refractivity contribution in [3.63, 3.8) is 0 Å². The van der Waals surface area contributed by atoms with Gasteiger partial charge in [-0.2, -0.15) is 0 Å². The molecule has 2 rings (SSSR count). The van der Waals surface area contributed by atoms with Crippen LogP contribution < -0.4 is 5.73 Å². The lowest BCUT2D eigenvalue weighted by molar-refractivity contribution is -0.146. The lowest BCUT2D eigenvalue weighted by Gasteiger charge is -2.28. The highest BCUT2D eigenvalue weighted by Crippen LogP contribution is 2.31. The number of carbonyl (C=O) groups is 4. The number of methoxy groups -OCH3 is 1. The van der Waals surface area contributed by atoms with E-state index in [2.05, 4.69) is 0 Å². The third kappa shape index (κ3) is 3.90. The highest BCUT2D eigenvalue weighted by molar-refractivity contribution is 5.99. The summed E-state index contributed by atoms with van der Waals surface area (Å²) >= 11 is 0. The average Bonchev–Trinajstić information content (AvgIpc) is 3.14. The van der Waals surface area contributed by atoms with Gasteiger partial charge in [0, 0.05) is 19.6 Å². The normalized spacial score (nSPS) is 24.7. The van der Waals surface area contributed by atoms with E-state index in [1.807, 2.05) is 13.8 Å². The Morgan fingerprint density at radius 3 is 2.46 bits per heavy atom. The summed E-state index contributed by atoms with van der Waals surface area (Å²) in [4.78, 5) is 51.9. The maximum absolute atomic E-state index is 12.8. The minimum Gasteiger partial charge on any atom is -0.371 e. The number of primary amides is 1. The molecule has 0 aromatic heterocycles. The Morgan fingerprint density at radius 1 is 1.27 bits per heavy atom. The highest BCUT2D eigenvalue weighted by Gasteiger charge is 2.52. The number of hydrogen-bond acceptors (Lipinski definition) is 5. The lowest BCUT2D eigenvalue weighted by Crippen LogP contribution is -2.47. The van der Waals surface area contributed by atoms with Crippen molar-refractivity contribution >= 4 is 23.5 Å². The highest BCUT2D eigenvalue weighted by atomic mass is 16.5. The van der Waals surface area contributed by atoms with E-state index in [1.54, 1.807) is 11.8 Å². The van der Waals surface area contributed by atoms with E-state index >= 15 is 0 Å². The van der Waals surface area contributed by atoms with Gasteiger partial charge in [-0.3, -0.25) is 19.2 Å². The molecule has 2 N–H and O–H groups in total. The van der Waals surface area contributed by atoms with E-state index in [1.165, 1.54) is 18.4 Å². The molecular formula is C18H28N3O5. The van der Waals surface area contributed by atoms with Crippen LogP contribution in [0.2, 0.25) is 0 Å². The minimum atomic E-state index is -0.615. The smallest absolute Gasteiger partial charge is 0.252 e. The van der Waals surface area contributed by atoms with E-state index in [-0.39, 0.29) is 42.5 Å². The summed E-state index contributed by atoms with van der Waals surface area (Å²) in [6.45, 7) is 5.84. The Bertz CT molecular complexity index is 591. The van der Waals surface area contributed by atoms with Crippen LogP contribution in [0.3, 0.4) is 0 Å². The molecule has 8 heteroatoms. The number of ether oxygens (including phenoxy) is 1.